The Morgan fingerprint density at radius 1 is 0.778 bits per heavy atom. The fraction of sp³-hybridized carbons (Fsp3) is 0. The monoisotopic (exact) mass is 354 g/mol. The Morgan fingerprint density at radius 2 is 1.37 bits per heavy atom. The second kappa shape index (κ2) is 5.40. The largest absolute Gasteiger partial charge is 0.478 e. The van der Waals surface area contributed by atoms with Crippen LogP contribution >= 0.6 is 0 Å². The fourth-order valence-electron chi connectivity index (χ4n) is 4.20. The molecular formula is C22H14N2O3. The van der Waals surface area contributed by atoms with Crippen LogP contribution in [0.3, 0.4) is 0 Å². The summed E-state index contributed by atoms with van der Waals surface area (Å²) in [6.45, 7) is 0. The lowest BCUT2D eigenvalue weighted by atomic mass is 9.85. The first-order chi connectivity index (χ1) is 13.1. The van der Waals surface area contributed by atoms with Crippen molar-refractivity contribution < 1.29 is 14.7 Å². The molecule has 0 spiro atoms. The highest BCUT2D eigenvalue weighted by Gasteiger charge is 2.24. The normalized spacial score (nSPS) is 11.6. The number of aromatic carboxylic acids is 1. The van der Waals surface area contributed by atoms with Gasteiger partial charge in [0.25, 0.3) is 5.91 Å². The lowest BCUT2D eigenvalue weighted by Crippen LogP contribution is -2.31. The molecule has 0 saturated carbocycles. The molecule has 0 fully saturated rings. The number of rotatable bonds is 2. The van der Waals surface area contributed by atoms with Crippen molar-refractivity contribution in [2.45, 2.75) is 0 Å². The number of nitrogen functional groups attached to an aromatic ring is 1. The van der Waals surface area contributed by atoms with E-state index in [1.54, 1.807) is 6.07 Å². The minimum absolute atomic E-state index is 0.0611. The van der Waals surface area contributed by atoms with E-state index in [4.69, 9.17) is 5.84 Å². The highest BCUT2D eigenvalue weighted by molar-refractivity contribution is 6.37. The Kier molecular flexibility index (Phi) is 3.11. The lowest BCUT2D eigenvalue weighted by molar-refractivity contribution is 0.0691. The van der Waals surface area contributed by atoms with Gasteiger partial charge in [-0.2, -0.15) is 0 Å². The molecule has 5 heteroatoms. The van der Waals surface area contributed by atoms with Crippen LogP contribution in [-0.4, -0.2) is 17.0 Å². The molecule has 0 radical (unpaired) electrons. The summed E-state index contributed by atoms with van der Waals surface area (Å²) in [5.74, 6) is 3.62. The molecule has 1 amide bonds. The second-order valence-corrected chi connectivity index (χ2v) is 6.57. The van der Waals surface area contributed by atoms with E-state index in [2.05, 4.69) is 11.5 Å². The number of carboxylic acids is 1. The van der Waals surface area contributed by atoms with Gasteiger partial charge in [0, 0.05) is 5.39 Å². The summed E-state index contributed by atoms with van der Waals surface area (Å²) < 4.78 is 0. The number of hydrazine groups is 1. The van der Waals surface area contributed by atoms with Gasteiger partial charge >= 0.3 is 5.97 Å². The van der Waals surface area contributed by atoms with E-state index in [0.717, 1.165) is 37.7 Å². The Labute approximate surface area is 153 Å². The Bertz CT molecular complexity index is 1400. The summed E-state index contributed by atoms with van der Waals surface area (Å²) >= 11 is 0. The standard InChI is InChI=1S/C22H14N2O3/c23-24-21(25)20-16(22(26)27)10-12-6-3-8-14-13-7-1-4-11-5-2-9-15(17(11)13)19(20)18(12)14/h1-10H,23H2,(H,24,25)(H,26,27). The molecule has 4 N–H and O–H groups in total. The number of fused-ring (bicyclic) bond motifs is 2. The highest BCUT2D eigenvalue weighted by atomic mass is 16.4. The summed E-state index contributed by atoms with van der Waals surface area (Å²) in [4.78, 5) is 24.6. The molecule has 27 heavy (non-hydrogen) atoms. The third-order valence-electron chi connectivity index (χ3n) is 5.22. The molecule has 0 aliphatic rings. The topological polar surface area (TPSA) is 92.4 Å². The smallest absolute Gasteiger partial charge is 0.336 e. The summed E-state index contributed by atoms with van der Waals surface area (Å²) in [6.07, 6.45) is 0. The number of carbonyl (C=O) groups excluding carboxylic acids is 1. The Hall–Kier alpha value is -3.70. The number of carbonyl (C=O) groups is 2. The zero-order chi connectivity index (χ0) is 18.7. The van der Waals surface area contributed by atoms with E-state index in [0.29, 0.717) is 5.39 Å². The van der Waals surface area contributed by atoms with Crippen LogP contribution in [0.4, 0.5) is 0 Å². The van der Waals surface area contributed by atoms with Crippen molar-refractivity contribution in [3.8, 4) is 0 Å². The van der Waals surface area contributed by atoms with Crippen LogP contribution in [0.15, 0.2) is 60.7 Å². The van der Waals surface area contributed by atoms with Crippen molar-refractivity contribution in [2.24, 2.45) is 5.84 Å². The van der Waals surface area contributed by atoms with Gasteiger partial charge in [0.15, 0.2) is 0 Å². The molecule has 130 valence electrons. The first-order valence-electron chi connectivity index (χ1n) is 8.48. The molecule has 0 saturated heterocycles. The molecule has 0 heterocycles. The zero-order valence-corrected chi connectivity index (χ0v) is 14.1. The number of hydrogen-bond donors (Lipinski definition) is 3. The second-order valence-electron chi connectivity index (χ2n) is 6.57. The van der Waals surface area contributed by atoms with E-state index in [1.807, 2.05) is 48.5 Å². The van der Waals surface area contributed by atoms with Crippen LogP contribution in [0.2, 0.25) is 0 Å². The Balaban J connectivity index is 2.22. The predicted molar refractivity (Wildman–Crippen MR) is 106 cm³/mol. The van der Waals surface area contributed by atoms with Gasteiger partial charge in [-0.15, -0.1) is 0 Å². The minimum Gasteiger partial charge on any atom is -0.478 e. The van der Waals surface area contributed by atoms with Gasteiger partial charge in [-0.3, -0.25) is 10.2 Å². The summed E-state index contributed by atoms with van der Waals surface area (Å²) in [5.41, 5.74) is 2.14. The number of hydrogen-bond acceptors (Lipinski definition) is 3. The summed E-state index contributed by atoms with van der Waals surface area (Å²) in [7, 11) is 0. The molecule has 5 aromatic rings. The molecular weight excluding hydrogens is 340 g/mol. The molecule has 0 aromatic heterocycles. The van der Waals surface area contributed by atoms with Gasteiger partial charge in [0.1, 0.15) is 0 Å². The van der Waals surface area contributed by atoms with Crippen LogP contribution in [0.1, 0.15) is 20.7 Å². The predicted octanol–water partition coefficient (Wildman–Crippen LogP) is 4.04. The van der Waals surface area contributed by atoms with E-state index >= 15 is 0 Å². The maximum atomic E-state index is 12.6. The molecule has 0 unspecified atom stereocenters. The van der Waals surface area contributed by atoms with Gasteiger partial charge in [0.2, 0.25) is 0 Å². The van der Waals surface area contributed by atoms with Crippen molar-refractivity contribution in [2.75, 3.05) is 0 Å². The maximum absolute atomic E-state index is 12.6. The lowest BCUT2D eigenvalue weighted by Gasteiger charge is -2.18. The number of nitrogens with one attached hydrogen (secondary N) is 1. The summed E-state index contributed by atoms with van der Waals surface area (Å²) in [6, 6.07) is 19.2. The molecule has 0 aliphatic heterocycles. The van der Waals surface area contributed by atoms with Crippen molar-refractivity contribution in [1.82, 2.24) is 5.43 Å². The SMILES string of the molecule is NNC(=O)c1c(C(=O)O)cc2cccc3c4cccc5cccc(c1c23)c54. The molecule has 5 rings (SSSR count). The highest BCUT2D eigenvalue weighted by Crippen LogP contribution is 2.42. The first kappa shape index (κ1) is 15.5. The summed E-state index contributed by atoms with van der Waals surface area (Å²) in [5, 5.41) is 16.9. The quantitative estimate of drug-likeness (QED) is 0.147. The average Bonchev–Trinajstić information content (AvgIpc) is 2.70. The van der Waals surface area contributed by atoms with Gasteiger partial charge in [-0.05, 0) is 43.8 Å². The van der Waals surface area contributed by atoms with Crippen molar-refractivity contribution in [1.29, 1.82) is 0 Å². The van der Waals surface area contributed by atoms with Crippen molar-refractivity contribution in [3.05, 3.63) is 71.8 Å². The number of amides is 1. The molecule has 0 atom stereocenters. The van der Waals surface area contributed by atoms with E-state index in [1.165, 1.54) is 0 Å². The third-order valence-corrected chi connectivity index (χ3v) is 5.22. The van der Waals surface area contributed by atoms with Crippen LogP contribution in [-0.2, 0) is 0 Å². The zero-order valence-electron chi connectivity index (χ0n) is 14.1. The van der Waals surface area contributed by atoms with Crippen LogP contribution in [0, 0.1) is 0 Å². The average molecular weight is 354 g/mol. The van der Waals surface area contributed by atoms with E-state index in [9.17, 15) is 14.7 Å². The van der Waals surface area contributed by atoms with Gasteiger partial charge in [-0.25, -0.2) is 10.6 Å². The van der Waals surface area contributed by atoms with Gasteiger partial charge < -0.3 is 5.11 Å². The third kappa shape index (κ3) is 1.97. The molecule has 5 nitrogen and oxygen atoms in total. The van der Waals surface area contributed by atoms with E-state index in [-0.39, 0.29) is 11.1 Å². The van der Waals surface area contributed by atoms with Crippen LogP contribution in [0.5, 0.6) is 0 Å². The van der Waals surface area contributed by atoms with Crippen LogP contribution in [0.25, 0.3) is 43.1 Å². The van der Waals surface area contributed by atoms with Gasteiger partial charge in [0.05, 0.1) is 11.1 Å². The van der Waals surface area contributed by atoms with Gasteiger partial charge in [-0.1, -0.05) is 54.6 Å². The first-order valence-corrected chi connectivity index (χ1v) is 8.48. The molecule has 0 aliphatic carbocycles. The number of nitrogens with two attached hydrogens (primary N) is 1. The van der Waals surface area contributed by atoms with Crippen molar-refractivity contribution in [3.63, 3.8) is 0 Å². The number of benzene rings is 5. The number of carboxylic acid groups (broad SMARTS) is 1. The van der Waals surface area contributed by atoms with Crippen LogP contribution < -0.4 is 11.3 Å². The minimum atomic E-state index is -1.16. The maximum Gasteiger partial charge on any atom is 0.336 e. The Morgan fingerprint density at radius 3 is 2.00 bits per heavy atom. The molecule has 5 aromatic carbocycles. The van der Waals surface area contributed by atoms with Crippen molar-refractivity contribution >= 4 is 55.0 Å². The van der Waals surface area contributed by atoms with E-state index < -0.39 is 11.9 Å². The fourth-order valence-corrected chi connectivity index (χ4v) is 4.20. The molecule has 0 bridgehead atoms.